The maximum absolute atomic E-state index is 12.5. The number of carbonyl (C=O) groups is 2. The van der Waals surface area contributed by atoms with E-state index >= 15 is 0 Å². The second-order valence-electron chi connectivity index (χ2n) is 5.59. The second-order valence-corrected chi connectivity index (χ2v) is 5.59. The molecule has 1 N–H and O–H groups in total. The Hall–Kier alpha value is -2.90. The summed E-state index contributed by atoms with van der Waals surface area (Å²) in [5.41, 5.74) is 1.04. The maximum atomic E-state index is 12.5. The van der Waals surface area contributed by atoms with Gasteiger partial charge in [0.2, 0.25) is 0 Å². The van der Waals surface area contributed by atoms with Crippen LogP contribution in [0.25, 0.3) is 0 Å². The molecule has 2 amide bonds. The monoisotopic (exact) mass is 329 g/mol. The van der Waals surface area contributed by atoms with Crippen molar-refractivity contribution in [3.63, 3.8) is 0 Å². The number of ether oxygens (including phenoxy) is 1. The molecule has 2 aromatic rings. The van der Waals surface area contributed by atoms with Gasteiger partial charge in [0.05, 0.1) is 11.7 Å². The van der Waals surface area contributed by atoms with Crippen molar-refractivity contribution >= 4 is 17.5 Å². The first-order valence-electron chi connectivity index (χ1n) is 7.73. The molecule has 8 nitrogen and oxygen atoms in total. The zero-order valence-corrected chi connectivity index (χ0v) is 13.8. The minimum absolute atomic E-state index is 0.0127. The van der Waals surface area contributed by atoms with Gasteiger partial charge in [-0.1, -0.05) is 0 Å². The molecule has 126 valence electrons. The van der Waals surface area contributed by atoms with Gasteiger partial charge in [0.15, 0.2) is 12.4 Å². The molecule has 0 aliphatic carbocycles. The van der Waals surface area contributed by atoms with Crippen LogP contribution in [0.5, 0.6) is 5.75 Å². The molecule has 3 rings (SSSR count). The van der Waals surface area contributed by atoms with Crippen molar-refractivity contribution in [1.29, 1.82) is 0 Å². The SMILES string of the molecule is CCn1cnnc1[C@@H](C)NC(=O)c1ccc2c(c1)N(C)C(=O)CO2. The van der Waals surface area contributed by atoms with E-state index in [0.29, 0.717) is 22.8 Å². The van der Waals surface area contributed by atoms with E-state index in [1.54, 1.807) is 31.6 Å². The molecule has 0 saturated carbocycles. The van der Waals surface area contributed by atoms with Crippen LogP contribution in [0.15, 0.2) is 24.5 Å². The minimum atomic E-state index is -0.286. The summed E-state index contributed by atoms with van der Waals surface area (Å²) in [6, 6.07) is 4.74. The summed E-state index contributed by atoms with van der Waals surface area (Å²) in [6.45, 7) is 4.58. The third kappa shape index (κ3) is 2.82. The number of nitrogens with zero attached hydrogens (tertiary/aromatic N) is 4. The lowest BCUT2D eigenvalue weighted by Gasteiger charge is -2.26. The van der Waals surface area contributed by atoms with Crippen LogP contribution in [0, 0.1) is 0 Å². The van der Waals surface area contributed by atoms with E-state index in [2.05, 4.69) is 15.5 Å². The van der Waals surface area contributed by atoms with Crippen molar-refractivity contribution in [2.45, 2.75) is 26.4 Å². The standard InChI is InChI=1S/C16H19N5O3/c1-4-21-9-17-19-15(21)10(2)18-16(23)11-5-6-13-12(7-11)20(3)14(22)8-24-13/h5-7,9-10H,4,8H2,1-3H3,(H,18,23)/t10-/m1/s1. The van der Waals surface area contributed by atoms with E-state index < -0.39 is 0 Å². The fourth-order valence-corrected chi connectivity index (χ4v) is 2.60. The molecule has 0 bridgehead atoms. The number of rotatable bonds is 4. The highest BCUT2D eigenvalue weighted by atomic mass is 16.5. The van der Waals surface area contributed by atoms with E-state index in [0.717, 1.165) is 6.54 Å². The molecule has 0 spiro atoms. The summed E-state index contributed by atoms with van der Waals surface area (Å²) in [4.78, 5) is 25.7. The highest BCUT2D eigenvalue weighted by Crippen LogP contribution is 2.32. The Morgan fingerprint density at radius 3 is 3.00 bits per heavy atom. The Balaban J connectivity index is 1.80. The predicted octanol–water partition coefficient (Wildman–Crippen LogP) is 1.14. The van der Waals surface area contributed by atoms with Crippen LogP contribution < -0.4 is 15.0 Å². The van der Waals surface area contributed by atoms with Gasteiger partial charge < -0.3 is 19.5 Å². The number of hydrogen-bond acceptors (Lipinski definition) is 5. The molecule has 1 atom stereocenters. The van der Waals surface area contributed by atoms with Gasteiger partial charge in [0.25, 0.3) is 11.8 Å². The highest BCUT2D eigenvalue weighted by molar-refractivity contribution is 6.01. The number of nitrogens with one attached hydrogen (secondary N) is 1. The average molecular weight is 329 g/mol. The molecule has 0 fully saturated rings. The fraction of sp³-hybridized carbons (Fsp3) is 0.375. The van der Waals surface area contributed by atoms with Crippen LogP contribution in [-0.2, 0) is 11.3 Å². The van der Waals surface area contributed by atoms with Crippen molar-refractivity contribution in [2.24, 2.45) is 0 Å². The Bertz CT molecular complexity index is 786. The number of amides is 2. The maximum Gasteiger partial charge on any atom is 0.264 e. The lowest BCUT2D eigenvalue weighted by Crippen LogP contribution is -2.36. The quantitative estimate of drug-likeness (QED) is 0.909. The molecule has 8 heteroatoms. The third-order valence-electron chi connectivity index (χ3n) is 4.03. The van der Waals surface area contributed by atoms with Crippen molar-refractivity contribution in [3.8, 4) is 5.75 Å². The molecule has 1 aromatic heterocycles. The summed E-state index contributed by atoms with van der Waals surface area (Å²) in [7, 11) is 1.66. The van der Waals surface area contributed by atoms with Gasteiger partial charge >= 0.3 is 0 Å². The Labute approximate surface area is 139 Å². The summed E-state index contributed by atoms with van der Waals surface area (Å²) >= 11 is 0. The molecular weight excluding hydrogens is 310 g/mol. The number of aryl methyl sites for hydroxylation is 1. The normalized spacial score (nSPS) is 14.8. The van der Waals surface area contributed by atoms with Gasteiger partial charge in [-0.2, -0.15) is 0 Å². The zero-order chi connectivity index (χ0) is 17.3. The Morgan fingerprint density at radius 2 is 2.25 bits per heavy atom. The van der Waals surface area contributed by atoms with Crippen LogP contribution in [0.2, 0.25) is 0 Å². The minimum Gasteiger partial charge on any atom is -0.482 e. The number of likely N-dealkylation sites (N-methyl/N-ethyl adjacent to an activating group) is 1. The molecule has 0 saturated heterocycles. The zero-order valence-electron chi connectivity index (χ0n) is 13.8. The van der Waals surface area contributed by atoms with Gasteiger partial charge in [-0.3, -0.25) is 9.59 Å². The summed E-state index contributed by atoms with van der Waals surface area (Å²) < 4.78 is 7.24. The van der Waals surface area contributed by atoms with Crippen LogP contribution in [0.1, 0.15) is 36.1 Å². The predicted molar refractivity (Wildman–Crippen MR) is 86.9 cm³/mol. The number of hydrogen-bond donors (Lipinski definition) is 1. The molecule has 1 aliphatic heterocycles. The summed E-state index contributed by atoms with van der Waals surface area (Å²) in [5.74, 6) is 0.888. The number of anilines is 1. The second kappa shape index (κ2) is 6.31. The number of benzene rings is 1. The number of fused-ring (bicyclic) bond motifs is 1. The average Bonchev–Trinajstić information content (AvgIpc) is 3.06. The van der Waals surface area contributed by atoms with Crippen molar-refractivity contribution in [2.75, 3.05) is 18.6 Å². The number of carbonyl (C=O) groups excluding carboxylic acids is 2. The summed E-state index contributed by atoms with van der Waals surface area (Å²) in [6.07, 6.45) is 1.63. The lowest BCUT2D eigenvalue weighted by molar-refractivity contribution is -0.120. The van der Waals surface area contributed by atoms with Crippen LogP contribution in [0.4, 0.5) is 5.69 Å². The van der Waals surface area contributed by atoms with E-state index in [1.807, 2.05) is 18.4 Å². The van der Waals surface area contributed by atoms with E-state index in [4.69, 9.17) is 4.74 Å². The van der Waals surface area contributed by atoms with Gasteiger partial charge in [0.1, 0.15) is 12.1 Å². The van der Waals surface area contributed by atoms with Gasteiger partial charge in [0, 0.05) is 19.2 Å². The van der Waals surface area contributed by atoms with E-state index in [9.17, 15) is 9.59 Å². The largest absolute Gasteiger partial charge is 0.482 e. The summed E-state index contributed by atoms with van der Waals surface area (Å²) in [5, 5.41) is 10.8. The Kier molecular flexibility index (Phi) is 4.20. The fourth-order valence-electron chi connectivity index (χ4n) is 2.60. The third-order valence-corrected chi connectivity index (χ3v) is 4.03. The smallest absolute Gasteiger partial charge is 0.264 e. The van der Waals surface area contributed by atoms with Gasteiger partial charge in [-0.15, -0.1) is 10.2 Å². The van der Waals surface area contributed by atoms with E-state index in [1.165, 1.54) is 4.90 Å². The molecule has 2 heterocycles. The topological polar surface area (TPSA) is 89.4 Å². The molecular formula is C16H19N5O3. The first-order chi connectivity index (χ1) is 11.5. The van der Waals surface area contributed by atoms with Crippen LogP contribution in [0.3, 0.4) is 0 Å². The van der Waals surface area contributed by atoms with Crippen molar-refractivity contribution in [3.05, 3.63) is 35.9 Å². The molecule has 1 aromatic carbocycles. The first kappa shape index (κ1) is 16.0. The van der Waals surface area contributed by atoms with Gasteiger partial charge in [-0.25, -0.2) is 0 Å². The van der Waals surface area contributed by atoms with Crippen LogP contribution in [-0.4, -0.2) is 40.2 Å². The lowest BCUT2D eigenvalue weighted by atomic mass is 10.1. The van der Waals surface area contributed by atoms with Crippen LogP contribution >= 0.6 is 0 Å². The molecule has 1 aliphatic rings. The van der Waals surface area contributed by atoms with Crippen molar-refractivity contribution < 1.29 is 14.3 Å². The van der Waals surface area contributed by atoms with Crippen molar-refractivity contribution in [1.82, 2.24) is 20.1 Å². The Morgan fingerprint density at radius 1 is 1.46 bits per heavy atom. The van der Waals surface area contributed by atoms with E-state index in [-0.39, 0.29) is 24.5 Å². The number of aromatic nitrogens is 3. The first-order valence-corrected chi connectivity index (χ1v) is 7.73. The highest BCUT2D eigenvalue weighted by Gasteiger charge is 2.24. The molecule has 0 unspecified atom stereocenters. The molecule has 0 radical (unpaired) electrons. The van der Waals surface area contributed by atoms with Gasteiger partial charge in [-0.05, 0) is 32.0 Å². The molecule has 24 heavy (non-hydrogen) atoms.